The molecule has 1 fully saturated rings. The zero-order chi connectivity index (χ0) is 15.0. The summed E-state index contributed by atoms with van der Waals surface area (Å²) in [5.74, 6) is 0.452. The Morgan fingerprint density at radius 3 is 2.76 bits per heavy atom. The first-order chi connectivity index (χ1) is 10.0. The van der Waals surface area contributed by atoms with Gasteiger partial charge in [0.05, 0.1) is 0 Å². The monoisotopic (exact) mass is 286 g/mol. The van der Waals surface area contributed by atoms with E-state index >= 15 is 0 Å². The summed E-state index contributed by atoms with van der Waals surface area (Å²) < 4.78 is 0. The minimum Gasteiger partial charge on any atom is -0.324 e. The number of rotatable bonds is 1. The summed E-state index contributed by atoms with van der Waals surface area (Å²) in [5.41, 5.74) is 8.46. The molecule has 1 aromatic carbocycles. The van der Waals surface area contributed by atoms with Crippen LogP contribution in [0.2, 0.25) is 0 Å². The molecule has 2 aliphatic rings. The fourth-order valence-corrected chi connectivity index (χ4v) is 3.96. The quantitative estimate of drug-likeness (QED) is 0.856. The average molecular weight is 286 g/mol. The predicted octanol–water partition coefficient (Wildman–Crippen LogP) is 3.64. The van der Waals surface area contributed by atoms with Crippen molar-refractivity contribution in [2.24, 2.45) is 17.1 Å². The molecule has 21 heavy (non-hydrogen) atoms. The van der Waals surface area contributed by atoms with Crippen LogP contribution in [0, 0.1) is 11.3 Å². The SMILES string of the molecule is CC1(C)CCCCC1C(=O)N1CCC(N)c2ccccc21. The number of amides is 1. The molecule has 2 N–H and O–H groups in total. The minimum atomic E-state index is 0.0598. The average Bonchev–Trinajstić information content (AvgIpc) is 2.47. The zero-order valence-electron chi connectivity index (χ0n) is 13.1. The van der Waals surface area contributed by atoms with Gasteiger partial charge < -0.3 is 10.6 Å². The van der Waals surface area contributed by atoms with E-state index in [1.165, 1.54) is 12.8 Å². The summed E-state index contributed by atoms with van der Waals surface area (Å²) in [6, 6.07) is 8.18. The number of para-hydroxylation sites is 1. The van der Waals surface area contributed by atoms with Gasteiger partial charge in [0.1, 0.15) is 0 Å². The van der Waals surface area contributed by atoms with E-state index in [9.17, 15) is 4.79 Å². The van der Waals surface area contributed by atoms with Gasteiger partial charge in [-0.05, 0) is 36.3 Å². The lowest BCUT2D eigenvalue weighted by Crippen LogP contribution is -2.46. The van der Waals surface area contributed by atoms with Crippen LogP contribution in [-0.2, 0) is 4.79 Å². The van der Waals surface area contributed by atoms with Crippen molar-refractivity contribution < 1.29 is 4.79 Å². The third-order valence-corrected chi connectivity index (χ3v) is 5.36. The summed E-state index contributed by atoms with van der Waals surface area (Å²) >= 11 is 0. The molecule has 1 aromatic rings. The van der Waals surface area contributed by atoms with Crippen molar-refractivity contribution in [3.8, 4) is 0 Å². The van der Waals surface area contributed by atoms with Crippen molar-refractivity contribution in [3.05, 3.63) is 29.8 Å². The van der Waals surface area contributed by atoms with Crippen LogP contribution in [-0.4, -0.2) is 12.5 Å². The molecule has 3 rings (SSSR count). The van der Waals surface area contributed by atoms with E-state index in [4.69, 9.17) is 5.73 Å². The van der Waals surface area contributed by atoms with E-state index in [0.717, 1.165) is 37.1 Å². The van der Waals surface area contributed by atoms with Gasteiger partial charge >= 0.3 is 0 Å². The maximum atomic E-state index is 13.1. The van der Waals surface area contributed by atoms with E-state index in [1.54, 1.807) is 0 Å². The molecule has 0 spiro atoms. The number of fused-ring (bicyclic) bond motifs is 1. The fraction of sp³-hybridized carbons (Fsp3) is 0.611. The van der Waals surface area contributed by atoms with Gasteiger partial charge in [0, 0.05) is 24.2 Å². The van der Waals surface area contributed by atoms with Crippen LogP contribution < -0.4 is 10.6 Å². The maximum absolute atomic E-state index is 13.1. The lowest BCUT2D eigenvalue weighted by atomic mass is 9.68. The second-order valence-corrected chi connectivity index (χ2v) is 7.23. The molecular formula is C18H26N2O. The van der Waals surface area contributed by atoms with Gasteiger partial charge in [-0.3, -0.25) is 4.79 Å². The number of nitrogens with zero attached hydrogens (tertiary/aromatic N) is 1. The summed E-state index contributed by atoms with van der Waals surface area (Å²) in [6.45, 7) is 5.25. The number of carbonyl (C=O) groups excluding carboxylic acids is 1. The highest BCUT2D eigenvalue weighted by Crippen LogP contribution is 2.43. The van der Waals surface area contributed by atoms with Gasteiger partial charge in [-0.1, -0.05) is 44.9 Å². The molecule has 3 heteroatoms. The highest BCUT2D eigenvalue weighted by Gasteiger charge is 2.40. The van der Waals surface area contributed by atoms with Crippen LogP contribution in [0.3, 0.4) is 0 Å². The van der Waals surface area contributed by atoms with Crippen LogP contribution in [0.25, 0.3) is 0 Å². The van der Waals surface area contributed by atoms with Crippen LogP contribution in [0.1, 0.15) is 57.6 Å². The number of carbonyl (C=O) groups is 1. The number of anilines is 1. The van der Waals surface area contributed by atoms with Gasteiger partial charge in [-0.25, -0.2) is 0 Å². The molecule has 1 amide bonds. The number of hydrogen-bond donors (Lipinski definition) is 1. The van der Waals surface area contributed by atoms with E-state index in [1.807, 2.05) is 23.1 Å². The normalized spacial score (nSPS) is 28.0. The van der Waals surface area contributed by atoms with Crippen LogP contribution in [0.5, 0.6) is 0 Å². The molecule has 0 aromatic heterocycles. The lowest BCUT2D eigenvalue weighted by Gasteiger charge is -2.42. The number of benzene rings is 1. The Morgan fingerprint density at radius 2 is 2.00 bits per heavy atom. The van der Waals surface area contributed by atoms with Gasteiger partial charge in [-0.15, -0.1) is 0 Å². The second-order valence-electron chi connectivity index (χ2n) is 7.23. The highest BCUT2D eigenvalue weighted by molar-refractivity contribution is 5.96. The van der Waals surface area contributed by atoms with Crippen molar-refractivity contribution in [3.63, 3.8) is 0 Å². The molecule has 3 nitrogen and oxygen atoms in total. The zero-order valence-corrected chi connectivity index (χ0v) is 13.1. The highest BCUT2D eigenvalue weighted by atomic mass is 16.2. The Balaban J connectivity index is 1.90. The maximum Gasteiger partial charge on any atom is 0.230 e. The van der Waals surface area contributed by atoms with Crippen LogP contribution >= 0.6 is 0 Å². The molecule has 0 bridgehead atoms. The molecule has 1 aliphatic carbocycles. The minimum absolute atomic E-state index is 0.0598. The number of hydrogen-bond acceptors (Lipinski definition) is 2. The van der Waals surface area contributed by atoms with Crippen molar-refractivity contribution in [2.45, 2.75) is 52.0 Å². The lowest BCUT2D eigenvalue weighted by molar-refractivity contribution is -0.127. The van der Waals surface area contributed by atoms with Crippen molar-refractivity contribution in [1.82, 2.24) is 0 Å². The third-order valence-electron chi connectivity index (χ3n) is 5.36. The van der Waals surface area contributed by atoms with Gasteiger partial charge in [-0.2, -0.15) is 0 Å². The predicted molar refractivity (Wildman–Crippen MR) is 86.1 cm³/mol. The molecule has 1 aliphatic heterocycles. The van der Waals surface area contributed by atoms with Crippen molar-refractivity contribution in [1.29, 1.82) is 0 Å². The largest absolute Gasteiger partial charge is 0.324 e. The first-order valence-corrected chi connectivity index (χ1v) is 8.16. The summed E-state index contributed by atoms with van der Waals surface area (Å²) in [5, 5.41) is 0. The van der Waals surface area contributed by atoms with Gasteiger partial charge in [0.2, 0.25) is 5.91 Å². The van der Waals surface area contributed by atoms with E-state index < -0.39 is 0 Å². The summed E-state index contributed by atoms with van der Waals surface area (Å²) in [6.07, 6.45) is 5.46. The summed E-state index contributed by atoms with van der Waals surface area (Å²) in [7, 11) is 0. The van der Waals surface area contributed by atoms with Crippen molar-refractivity contribution >= 4 is 11.6 Å². The fourth-order valence-electron chi connectivity index (χ4n) is 3.96. The Hall–Kier alpha value is -1.35. The van der Waals surface area contributed by atoms with Gasteiger partial charge in [0.25, 0.3) is 0 Å². The van der Waals surface area contributed by atoms with Crippen LogP contribution in [0.4, 0.5) is 5.69 Å². The van der Waals surface area contributed by atoms with E-state index in [2.05, 4.69) is 19.9 Å². The van der Waals surface area contributed by atoms with E-state index in [0.29, 0.717) is 5.91 Å². The Bertz CT molecular complexity index is 538. The number of nitrogens with two attached hydrogens (primary N) is 1. The molecule has 114 valence electrons. The molecule has 0 saturated heterocycles. The molecule has 2 unspecified atom stereocenters. The molecule has 1 saturated carbocycles. The molecule has 0 radical (unpaired) electrons. The first kappa shape index (κ1) is 14.6. The smallest absolute Gasteiger partial charge is 0.230 e. The topological polar surface area (TPSA) is 46.3 Å². The molecule has 2 atom stereocenters. The van der Waals surface area contributed by atoms with Gasteiger partial charge in [0.15, 0.2) is 0 Å². The Labute approximate surface area is 127 Å². The standard InChI is InChI=1S/C18H26N2O/c1-18(2)11-6-5-8-14(18)17(21)20-12-10-15(19)13-7-3-4-9-16(13)20/h3-4,7,9,14-15H,5-6,8,10-12,19H2,1-2H3. The second kappa shape index (κ2) is 5.45. The first-order valence-electron chi connectivity index (χ1n) is 8.16. The Kier molecular flexibility index (Phi) is 3.78. The van der Waals surface area contributed by atoms with Crippen LogP contribution in [0.15, 0.2) is 24.3 Å². The van der Waals surface area contributed by atoms with Crippen molar-refractivity contribution in [2.75, 3.05) is 11.4 Å². The molecule has 1 heterocycles. The van der Waals surface area contributed by atoms with E-state index in [-0.39, 0.29) is 17.4 Å². The molecular weight excluding hydrogens is 260 g/mol. The Morgan fingerprint density at radius 1 is 1.24 bits per heavy atom. The third kappa shape index (κ3) is 2.59. The summed E-state index contributed by atoms with van der Waals surface area (Å²) in [4.78, 5) is 15.1.